The van der Waals surface area contributed by atoms with E-state index in [2.05, 4.69) is 4.90 Å². The fourth-order valence-electron chi connectivity index (χ4n) is 5.34. The summed E-state index contributed by atoms with van der Waals surface area (Å²) < 4.78 is 13.3. The van der Waals surface area contributed by atoms with Crippen LogP contribution in [-0.2, 0) is 12.8 Å². The van der Waals surface area contributed by atoms with Gasteiger partial charge in [-0.15, -0.1) is 0 Å². The highest BCUT2D eigenvalue weighted by molar-refractivity contribution is 5.97. The van der Waals surface area contributed by atoms with Crippen molar-refractivity contribution in [3.8, 4) is 0 Å². The van der Waals surface area contributed by atoms with E-state index < -0.39 is 11.6 Å². The maximum atomic E-state index is 13.3. The van der Waals surface area contributed by atoms with Gasteiger partial charge in [-0.05, 0) is 80.6 Å². The quantitative estimate of drug-likeness (QED) is 0.377. The number of nitrogens with zero attached hydrogens (tertiary/aromatic N) is 2. The molecule has 1 aliphatic heterocycles. The number of ketones is 1. The number of hydrogen-bond donors (Lipinski definition) is 2. The van der Waals surface area contributed by atoms with Gasteiger partial charge in [0, 0.05) is 24.2 Å². The molecular weight excluding hydrogens is 481 g/mol. The lowest BCUT2D eigenvalue weighted by Gasteiger charge is -2.40. The summed E-state index contributed by atoms with van der Waals surface area (Å²) in [5.41, 5.74) is 7.56. The maximum Gasteiger partial charge on any atom is 0.319 e. The van der Waals surface area contributed by atoms with Crippen LogP contribution in [0.1, 0.15) is 41.3 Å². The Morgan fingerprint density at radius 2 is 1.68 bits per heavy atom. The highest BCUT2D eigenvalue weighted by Gasteiger charge is 2.35. The third kappa shape index (κ3) is 7.49. The lowest BCUT2D eigenvalue weighted by Crippen LogP contribution is -2.55. The molecule has 2 amide bonds. The van der Waals surface area contributed by atoms with Crippen LogP contribution >= 0.6 is 0 Å². The monoisotopic (exact) mass is 517 g/mol. The minimum absolute atomic E-state index is 0.00586. The van der Waals surface area contributed by atoms with Crippen LogP contribution in [0.5, 0.6) is 0 Å². The molecule has 6 nitrogen and oxygen atoms in total. The third-order valence-electron chi connectivity index (χ3n) is 7.32. The summed E-state index contributed by atoms with van der Waals surface area (Å²) >= 11 is 0. The zero-order valence-corrected chi connectivity index (χ0v) is 21.9. The molecule has 1 saturated heterocycles. The Kier molecular flexibility index (Phi) is 8.92. The molecule has 3 N–H and O–H groups in total. The summed E-state index contributed by atoms with van der Waals surface area (Å²) in [7, 11) is 0. The summed E-state index contributed by atoms with van der Waals surface area (Å²) in [4.78, 5) is 28.1. The van der Waals surface area contributed by atoms with Crippen molar-refractivity contribution in [3.63, 3.8) is 0 Å². The predicted molar refractivity (Wildman–Crippen MR) is 148 cm³/mol. The largest absolute Gasteiger partial charge is 0.386 e. The van der Waals surface area contributed by atoms with Gasteiger partial charge in [-0.3, -0.25) is 9.69 Å². The van der Waals surface area contributed by atoms with E-state index >= 15 is 0 Å². The molecule has 0 aromatic heterocycles. The van der Waals surface area contributed by atoms with Crippen LogP contribution in [-0.4, -0.2) is 53.6 Å². The molecule has 1 unspecified atom stereocenters. The second-order valence-corrected chi connectivity index (χ2v) is 10.5. The summed E-state index contributed by atoms with van der Waals surface area (Å²) in [6, 6.07) is 22.5. The first kappa shape index (κ1) is 27.5. The minimum atomic E-state index is -1.27. The molecule has 3 aromatic carbocycles. The number of Topliss-reactive ketones (excluding diaryl/α,β-unsaturated/α-hetero) is 1. The van der Waals surface area contributed by atoms with Gasteiger partial charge in [0.05, 0.1) is 12.1 Å². The number of primary amides is 1. The highest BCUT2D eigenvalue weighted by atomic mass is 19.1. The Morgan fingerprint density at radius 3 is 2.32 bits per heavy atom. The van der Waals surface area contributed by atoms with Gasteiger partial charge in [0.1, 0.15) is 5.82 Å². The Hall–Kier alpha value is -3.55. The number of β-amino-alcohol motifs (C(OH)–C–C–N with tert-alkyl or cyclic N) is 1. The van der Waals surface area contributed by atoms with Crippen molar-refractivity contribution < 1.29 is 19.1 Å². The van der Waals surface area contributed by atoms with E-state index in [1.54, 1.807) is 24.3 Å². The number of halogens is 1. The van der Waals surface area contributed by atoms with Crippen LogP contribution in [0.25, 0.3) is 0 Å². The lowest BCUT2D eigenvalue weighted by molar-refractivity contribution is 0.00163. The van der Waals surface area contributed by atoms with Gasteiger partial charge in [0.25, 0.3) is 0 Å². The molecule has 0 bridgehead atoms. The molecule has 1 fully saturated rings. The molecule has 3 aromatic rings. The van der Waals surface area contributed by atoms with E-state index in [1.165, 1.54) is 24.0 Å². The van der Waals surface area contributed by atoms with Crippen molar-refractivity contribution in [2.45, 2.75) is 38.2 Å². The third-order valence-corrected chi connectivity index (χ3v) is 7.32. The smallest absolute Gasteiger partial charge is 0.319 e. The first-order valence-electron chi connectivity index (χ1n) is 13.1. The number of aliphatic hydroxyl groups is 1. The van der Waals surface area contributed by atoms with Crippen LogP contribution < -0.4 is 10.6 Å². The Labute approximate surface area is 223 Å². The number of anilines is 1. The van der Waals surface area contributed by atoms with Crippen LogP contribution in [0.4, 0.5) is 14.9 Å². The molecule has 38 heavy (non-hydrogen) atoms. The Morgan fingerprint density at radius 1 is 1.00 bits per heavy atom. The zero-order chi connectivity index (χ0) is 27.1. The molecule has 0 radical (unpaired) electrons. The summed E-state index contributed by atoms with van der Waals surface area (Å²) in [5.74, 6) is 0.161. The number of hydrogen-bond acceptors (Lipinski definition) is 4. The number of amides is 2. The standard InChI is InChI=1S/C31H36FN3O3/c1-23(36)27-8-5-9-29(19-27)35(30(33)37)22-31(38,20-26-6-3-2-4-7-26)21-34-16-14-25(15-17-34)18-24-10-12-28(32)13-11-24/h2-13,19,25,38H,14-18,20-22H2,1H3,(H2,33,37). The molecule has 1 heterocycles. The number of piperidine rings is 1. The maximum absolute atomic E-state index is 13.3. The molecule has 4 rings (SSSR count). The van der Waals surface area contributed by atoms with Crippen molar-refractivity contribution in [2.24, 2.45) is 11.7 Å². The van der Waals surface area contributed by atoms with Crippen LogP contribution in [0.15, 0.2) is 78.9 Å². The Balaban J connectivity index is 1.49. The van der Waals surface area contributed by atoms with Crippen LogP contribution in [0.3, 0.4) is 0 Å². The van der Waals surface area contributed by atoms with Gasteiger partial charge in [-0.25, -0.2) is 9.18 Å². The second kappa shape index (κ2) is 12.3. The van der Waals surface area contributed by atoms with Crippen molar-refractivity contribution in [1.29, 1.82) is 0 Å². The molecule has 0 saturated carbocycles. The Bertz CT molecular complexity index is 1230. The number of carbonyl (C=O) groups is 2. The van der Waals surface area contributed by atoms with E-state index in [0.717, 1.165) is 43.5 Å². The van der Waals surface area contributed by atoms with Crippen molar-refractivity contribution in [2.75, 3.05) is 31.1 Å². The molecule has 0 spiro atoms. The number of urea groups is 1. The second-order valence-electron chi connectivity index (χ2n) is 10.5. The summed E-state index contributed by atoms with van der Waals surface area (Å²) in [6.45, 7) is 3.48. The minimum Gasteiger partial charge on any atom is -0.386 e. The van der Waals surface area contributed by atoms with Gasteiger partial charge in [0.2, 0.25) is 0 Å². The number of rotatable bonds is 10. The molecule has 1 aliphatic rings. The average Bonchev–Trinajstić information content (AvgIpc) is 2.90. The van der Waals surface area contributed by atoms with E-state index in [-0.39, 0.29) is 18.1 Å². The molecular formula is C31H36FN3O3. The van der Waals surface area contributed by atoms with Gasteiger partial charge < -0.3 is 15.7 Å². The molecule has 200 valence electrons. The van der Waals surface area contributed by atoms with Crippen LogP contribution in [0, 0.1) is 11.7 Å². The van der Waals surface area contributed by atoms with E-state index in [0.29, 0.717) is 30.1 Å². The highest BCUT2D eigenvalue weighted by Crippen LogP contribution is 2.27. The normalized spacial score (nSPS) is 16.1. The van der Waals surface area contributed by atoms with Gasteiger partial charge >= 0.3 is 6.03 Å². The fourth-order valence-corrected chi connectivity index (χ4v) is 5.34. The molecule has 7 heteroatoms. The van der Waals surface area contributed by atoms with Crippen molar-refractivity contribution in [1.82, 2.24) is 4.90 Å². The van der Waals surface area contributed by atoms with E-state index in [4.69, 9.17) is 5.73 Å². The van der Waals surface area contributed by atoms with Crippen molar-refractivity contribution >= 4 is 17.5 Å². The first-order valence-corrected chi connectivity index (χ1v) is 13.1. The number of likely N-dealkylation sites (tertiary alicyclic amines) is 1. The summed E-state index contributed by atoms with van der Waals surface area (Å²) in [5, 5.41) is 12.0. The van der Waals surface area contributed by atoms with E-state index in [9.17, 15) is 19.1 Å². The average molecular weight is 518 g/mol. The van der Waals surface area contributed by atoms with Crippen molar-refractivity contribution in [3.05, 3.63) is 101 Å². The van der Waals surface area contributed by atoms with Crippen LogP contribution in [0.2, 0.25) is 0 Å². The van der Waals surface area contributed by atoms with Gasteiger partial charge in [-0.2, -0.15) is 0 Å². The topological polar surface area (TPSA) is 86.9 Å². The van der Waals surface area contributed by atoms with E-state index in [1.807, 2.05) is 42.5 Å². The van der Waals surface area contributed by atoms with Gasteiger partial charge in [0.15, 0.2) is 5.78 Å². The molecule has 1 atom stereocenters. The summed E-state index contributed by atoms with van der Waals surface area (Å²) in [6.07, 6.45) is 3.20. The number of carbonyl (C=O) groups excluding carboxylic acids is 2. The molecule has 0 aliphatic carbocycles. The number of nitrogens with two attached hydrogens (primary N) is 1. The van der Waals surface area contributed by atoms with Gasteiger partial charge in [-0.1, -0.05) is 54.6 Å². The SMILES string of the molecule is CC(=O)c1cccc(N(CC(O)(Cc2ccccc2)CN2CCC(Cc3ccc(F)cc3)CC2)C(N)=O)c1. The zero-order valence-electron chi connectivity index (χ0n) is 21.9. The predicted octanol–water partition coefficient (Wildman–Crippen LogP) is 4.84. The lowest BCUT2D eigenvalue weighted by atomic mass is 9.88. The first-order chi connectivity index (χ1) is 18.2. The fraction of sp³-hybridized carbons (Fsp3) is 0.355. The number of benzene rings is 3.